The third-order valence-corrected chi connectivity index (χ3v) is 4.00. The highest BCUT2D eigenvalue weighted by Gasteiger charge is 2.37. The number of aryl methyl sites for hydroxylation is 1. The fraction of sp³-hybridized carbons (Fsp3) is 0.294. The largest absolute Gasteiger partial charge is 0.479 e. The third kappa shape index (κ3) is 2.39. The molecule has 1 aromatic carbocycles. The van der Waals surface area contributed by atoms with Gasteiger partial charge in [0, 0.05) is 13.0 Å². The van der Waals surface area contributed by atoms with Crippen LogP contribution in [0.5, 0.6) is 0 Å². The van der Waals surface area contributed by atoms with Crippen molar-refractivity contribution in [3.8, 4) is 0 Å². The Bertz CT molecular complexity index is 719. The van der Waals surface area contributed by atoms with Crippen LogP contribution in [0.1, 0.15) is 40.4 Å². The zero-order valence-electron chi connectivity index (χ0n) is 12.3. The minimum absolute atomic E-state index is 0.197. The van der Waals surface area contributed by atoms with Crippen LogP contribution < -0.4 is 0 Å². The third-order valence-electron chi connectivity index (χ3n) is 4.00. The Kier molecular flexibility index (Phi) is 3.71. The van der Waals surface area contributed by atoms with E-state index < -0.39 is 12.0 Å². The quantitative estimate of drug-likeness (QED) is 0.946. The molecule has 1 aliphatic heterocycles. The van der Waals surface area contributed by atoms with Crippen molar-refractivity contribution in [2.45, 2.75) is 25.8 Å². The summed E-state index contributed by atoms with van der Waals surface area (Å²) < 4.78 is 5.48. The molecule has 22 heavy (non-hydrogen) atoms. The monoisotopic (exact) mass is 299 g/mol. The van der Waals surface area contributed by atoms with Crippen molar-refractivity contribution < 1.29 is 19.1 Å². The van der Waals surface area contributed by atoms with E-state index in [1.165, 1.54) is 4.90 Å². The number of hydrogen-bond acceptors (Lipinski definition) is 3. The summed E-state index contributed by atoms with van der Waals surface area (Å²) in [5.74, 6) is -0.487. The molecule has 0 radical (unpaired) electrons. The number of carbonyl (C=O) groups is 2. The van der Waals surface area contributed by atoms with Gasteiger partial charge in [-0.3, -0.25) is 4.79 Å². The molecule has 1 atom stereocenters. The molecule has 1 amide bonds. The predicted octanol–water partition coefficient (Wildman–Crippen LogP) is 2.67. The van der Waals surface area contributed by atoms with Gasteiger partial charge in [-0.25, -0.2) is 4.79 Å². The Balaban J connectivity index is 1.96. The normalized spacial score (nSPS) is 17.1. The summed E-state index contributed by atoms with van der Waals surface area (Å²) >= 11 is 0. The first-order chi connectivity index (χ1) is 10.6. The molecule has 0 saturated carbocycles. The molecule has 1 aliphatic rings. The van der Waals surface area contributed by atoms with E-state index in [1.54, 1.807) is 24.3 Å². The molecule has 1 aromatic heterocycles. The van der Waals surface area contributed by atoms with Gasteiger partial charge in [-0.15, -0.1) is 0 Å². The average Bonchev–Trinajstić information content (AvgIpc) is 3.02. The van der Waals surface area contributed by atoms with E-state index in [4.69, 9.17) is 4.42 Å². The highest BCUT2D eigenvalue weighted by atomic mass is 16.4. The van der Waals surface area contributed by atoms with Gasteiger partial charge in [0.2, 0.25) is 0 Å². The first-order valence-corrected chi connectivity index (χ1v) is 7.32. The fourth-order valence-corrected chi connectivity index (χ4v) is 2.88. The molecule has 5 heteroatoms. The van der Waals surface area contributed by atoms with Crippen molar-refractivity contribution in [2.75, 3.05) is 6.54 Å². The van der Waals surface area contributed by atoms with Crippen LogP contribution in [0.25, 0.3) is 0 Å². The van der Waals surface area contributed by atoms with Gasteiger partial charge in [0.25, 0.3) is 5.91 Å². The number of carboxylic acid groups (broad SMARTS) is 1. The number of aliphatic carboxylic acids is 1. The number of carbonyl (C=O) groups excluding carboxylic acids is 1. The molecular formula is C17H17NO4. The summed E-state index contributed by atoms with van der Waals surface area (Å²) in [7, 11) is 0. The lowest BCUT2D eigenvalue weighted by molar-refractivity contribution is -0.143. The van der Waals surface area contributed by atoms with Gasteiger partial charge in [0.05, 0.1) is 0 Å². The standard InChI is InChI=1S/C17H17NO4/c1-2-12-7-8-14(22-12)16(19)18-10-9-11-5-3-4-6-13(11)15(18)17(20)21/h3-8,15H,2,9-10H2,1H3,(H,20,21)/t15-/m1/s1. The number of hydrogen-bond donors (Lipinski definition) is 1. The topological polar surface area (TPSA) is 70.8 Å². The lowest BCUT2D eigenvalue weighted by Gasteiger charge is -2.34. The second-order valence-corrected chi connectivity index (χ2v) is 5.31. The molecule has 2 heterocycles. The van der Waals surface area contributed by atoms with Crippen LogP contribution in [0, 0.1) is 0 Å². The zero-order chi connectivity index (χ0) is 15.7. The van der Waals surface area contributed by atoms with E-state index >= 15 is 0 Å². The lowest BCUT2D eigenvalue weighted by atomic mass is 9.92. The summed E-state index contributed by atoms with van der Waals surface area (Å²) in [6.45, 7) is 2.30. The van der Waals surface area contributed by atoms with Crippen LogP contribution in [-0.2, 0) is 17.6 Å². The van der Waals surface area contributed by atoms with E-state index in [1.807, 2.05) is 19.1 Å². The van der Waals surface area contributed by atoms with Crippen LogP contribution in [0.4, 0.5) is 0 Å². The van der Waals surface area contributed by atoms with E-state index in [0.717, 1.165) is 5.56 Å². The Hall–Kier alpha value is -2.56. The summed E-state index contributed by atoms with van der Waals surface area (Å²) in [4.78, 5) is 25.7. The van der Waals surface area contributed by atoms with Gasteiger partial charge in [-0.1, -0.05) is 31.2 Å². The van der Waals surface area contributed by atoms with Gasteiger partial charge in [-0.2, -0.15) is 0 Å². The maximum absolute atomic E-state index is 12.6. The number of fused-ring (bicyclic) bond motifs is 1. The number of amides is 1. The van der Waals surface area contributed by atoms with Crippen LogP contribution in [0.3, 0.4) is 0 Å². The van der Waals surface area contributed by atoms with Gasteiger partial charge in [-0.05, 0) is 29.7 Å². The van der Waals surface area contributed by atoms with Crippen molar-refractivity contribution in [3.05, 3.63) is 59.0 Å². The smallest absolute Gasteiger partial charge is 0.331 e. The molecule has 2 aromatic rings. The molecule has 5 nitrogen and oxygen atoms in total. The molecule has 1 N–H and O–H groups in total. The number of nitrogens with zero attached hydrogens (tertiary/aromatic N) is 1. The van der Waals surface area contributed by atoms with E-state index in [9.17, 15) is 14.7 Å². The first-order valence-electron chi connectivity index (χ1n) is 7.32. The molecule has 114 valence electrons. The Morgan fingerprint density at radius 2 is 2.05 bits per heavy atom. The molecule has 0 bridgehead atoms. The predicted molar refractivity (Wildman–Crippen MR) is 79.6 cm³/mol. The van der Waals surface area contributed by atoms with E-state index in [-0.39, 0.29) is 11.7 Å². The maximum atomic E-state index is 12.6. The number of benzene rings is 1. The van der Waals surface area contributed by atoms with Crippen molar-refractivity contribution in [1.82, 2.24) is 4.90 Å². The van der Waals surface area contributed by atoms with Crippen molar-refractivity contribution in [3.63, 3.8) is 0 Å². The average molecular weight is 299 g/mol. The highest BCUT2D eigenvalue weighted by molar-refractivity contribution is 5.95. The fourth-order valence-electron chi connectivity index (χ4n) is 2.88. The van der Waals surface area contributed by atoms with Crippen LogP contribution in [0.2, 0.25) is 0 Å². The van der Waals surface area contributed by atoms with Crippen molar-refractivity contribution >= 4 is 11.9 Å². The van der Waals surface area contributed by atoms with Crippen molar-refractivity contribution in [1.29, 1.82) is 0 Å². The number of furan rings is 1. The second kappa shape index (κ2) is 5.67. The SMILES string of the molecule is CCc1ccc(C(=O)N2CCc3ccccc3[C@@H]2C(=O)O)o1. The van der Waals surface area contributed by atoms with E-state index in [0.29, 0.717) is 30.7 Å². The Morgan fingerprint density at radius 3 is 2.73 bits per heavy atom. The van der Waals surface area contributed by atoms with Crippen LogP contribution in [-0.4, -0.2) is 28.4 Å². The second-order valence-electron chi connectivity index (χ2n) is 5.31. The van der Waals surface area contributed by atoms with Crippen LogP contribution >= 0.6 is 0 Å². The van der Waals surface area contributed by atoms with Gasteiger partial charge < -0.3 is 14.4 Å². The summed E-state index contributed by atoms with van der Waals surface area (Å²) in [6, 6.07) is 9.76. The molecule has 0 spiro atoms. The number of carboxylic acids is 1. The van der Waals surface area contributed by atoms with Crippen LogP contribution in [0.15, 0.2) is 40.8 Å². The Labute approximate surface area is 128 Å². The molecule has 0 saturated heterocycles. The zero-order valence-corrected chi connectivity index (χ0v) is 12.3. The van der Waals surface area contributed by atoms with Gasteiger partial charge >= 0.3 is 5.97 Å². The highest BCUT2D eigenvalue weighted by Crippen LogP contribution is 2.31. The first kappa shape index (κ1) is 14.4. The molecule has 3 rings (SSSR count). The van der Waals surface area contributed by atoms with Gasteiger partial charge in [0.15, 0.2) is 11.8 Å². The minimum Gasteiger partial charge on any atom is -0.479 e. The molecule has 0 fully saturated rings. The minimum atomic E-state index is -1.03. The maximum Gasteiger partial charge on any atom is 0.331 e. The summed E-state index contributed by atoms with van der Waals surface area (Å²) in [6.07, 6.45) is 1.34. The molecule has 0 aliphatic carbocycles. The summed E-state index contributed by atoms with van der Waals surface area (Å²) in [5.41, 5.74) is 1.66. The molecule has 0 unspecified atom stereocenters. The van der Waals surface area contributed by atoms with Crippen molar-refractivity contribution in [2.24, 2.45) is 0 Å². The number of rotatable bonds is 3. The summed E-state index contributed by atoms with van der Waals surface area (Å²) in [5, 5.41) is 9.58. The Morgan fingerprint density at radius 1 is 1.27 bits per heavy atom. The van der Waals surface area contributed by atoms with Gasteiger partial charge in [0.1, 0.15) is 5.76 Å². The van der Waals surface area contributed by atoms with E-state index in [2.05, 4.69) is 0 Å². The molecular weight excluding hydrogens is 282 g/mol. The lowest BCUT2D eigenvalue weighted by Crippen LogP contribution is -2.43.